The molecule has 2 heterocycles. The smallest absolute Gasteiger partial charge is 0.273 e. The van der Waals surface area contributed by atoms with Crippen LogP contribution in [0.15, 0.2) is 34.9 Å². The molecule has 0 radical (unpaired) electrons. The van der Waals surface area contributed by atoms with E-state index in [0.717, 1.165) is 36.4 Å². The Morgan fingerprint density at radius 3 is 3.00 bits per heavy atom. The first-order valence-corrected chi connectivity index (χ1v) is 7.04. The minimum atomic E-state index is -0.319. The van der Waals surface area contributed by atoms with Crippen molar-refractivity contribution in [1.29, 1.82) is 0 Å². The highest BCUT2D eigenvalue weighted by Crippen LogP contribution is 2.34. The molecule has 0 N–H and O–H groups in total. The molecule has 1 aliphatic rings. The predicted octanol–water partition coefficient (Wildman–Crippen LogP) is 3.23. The van der Waals surface area contributed by atoms with Crippen LogP contribution in [0.25, 0.3) is 0 Å². The summed E-state index contributed by atoms with van der Waals surface area (Å²) in [6, 6.07) is 9.05. The number of rotatable bonds is 4. The Bertz CT molecular complexity index is 653. The van der Waals surface area contributed by atoms with Gasteiger partial charge in [-0.1, -0.05) is 23.4 Å². The number of aromatic nitrogens is 1. The standard InChI is InChI=1S/C15H17N3O3/c1-11-9-13(16-21-11)15-7-4-8-17(15)10-12-5-2-3-6-14(12)18(19)20/h2-3,5-6,9,15H,4,7-8,10H2,1H3/t15-/m1/s1. The van der Waals surface area contributed by atoms with Crippen LogP contribution in [0.2, 0.25) is 0 Å². The van der Waals surface area contributed by atoms with Crippen LogP contribution in [-0.2, 0) is 6.54 Å². The van der Waals surface area contributed by atoms with Crippen LogP contribution in [-0.4, -0.2) is 21.5 Å². The summed E-state index contributed by atoms with van der Waals surface area (Å²) >= 11 is 0. The van der Waals surface area contributed by atoms with E-state index in [2.05, 4.69) is 10.1 Å². The quantitative estimate of drug-likeness (QED) is 0.637. The number of benzene rings is 1. The van der Waals surface area contributed by atoms with Crippen molar-refractivity contribution < 1.29 is 9.45 Å². The Kier molecular flexibility index (Phi) is 3.70. The van der Waals surface area contributed by atoms with Crippen LogP contribution in [0, 0.1) is 17.0 Å². The summed E-state index contributed by atoms with van der Waals surface area (Å²) in [7, 11) is 0. The lowest BCUT2D eigenvalue weighted by Crippen LogP contribution is -2.23. The molecule has 110 valence electrons. The van der Waals surface area contributed by atoms with Crippen LogP contribution in [0.4, 0.5) is 5.69 Å². The van der Waals surface area contributed by atoms with Gasteiger partial charge < -0.3 is 4.52 Å². The zero-order valence-corrected chi connectivity index (χ0v) is 11.9. The molecule has 1 saturated heterocycles. The van der Waals surface area contributed by atoms with Crippen molar-refractivity contribution in [2.24, 2.45) is 0 Å². The van der Waals surface area contributed by atoms with Crippen LogP contribution in [0.5, 0.6) is 0 Å². The highest BCUT2D eigenvalue weighted by atomic mass is 16.6. The minimum Gasteiger partial charge on any atom is -0.361 e. The van der Waals surface area contributed by atoms with Gasteiger partial charge in [0, 0.05) is 24.2 Å². The lowest BCUT2D eigenvalue weighted by atomic mass is 10.1. The van der Waals surface area contributed by atoms with Crippen LogP contribution in [0.1, 0.15) is 35.9 Å². The number of nitro benzene ring substituents is 1. The minimum absolute atomic E-state index is 0.180. The summed E-state index contributed by atoms with van der Waals surface area (Å²) in [6.07, 6.45) is 2.07. The van der Waals surface area contributed by atoms with E-state index < -0.39 is 0 Å². The second kappa shape index (κ2) is 5.65. The molecule has 1 atom stereocenters. The molecule has 1 aliphatic heterocycles. The Labute approximate surface area is 122 Å². The summed E-state index contributed by atoms with van der Waals surface area (Å²) in [4.78, 5) is 13.0. The number of nitro groups is 1. The molecule has 0 bridgehead atoms. The molecule has 0 spiro atoms. The Hall–Kier alpha value is -2.21. The van der Waals surface area contributed by atoms with E-state index in [9.17, 15) is 10.1 Å². The van der Waals surface area contributed by atoms with Gasteiger partial charge in [0.2, 0.25) is 0 Å². The molecule has 0 unspecified atom stereocenters. The second-order valence-electron chi connectivity index (χ2n) is 5.38. The number of nitrogens with zero attached hydrogens (tertiary/aromatic N) is 3. The molecule has 6 heteroatoms. The van der Waals surface area contributed by atoms with Crippen molar-refractivity contribution in [3.8, 4) is 0 Å². The molecule has 1 aromatic heterocycles. The van der Waals surface area contributed by atoms with Crippen LogP contribution >= 0.6 is 0 Å². The van der Waals surface area contributed by atoms with E-state index in [0.29, 0.717) is 6.54 Å². The number of hydrogen-bond acceptors (Lipinski definition) is 5. The number of hydrogen-bond donors (Lipinski definition) is 0. The molecular weight excluding hydrogens is 270 g/mol. The first-order chi connectivity index (χ1) is 10.1. The van der Waals surface area contributed by atoms with Gasteiger partial charge >= 0.3 is 0 Å². The van der Waals surface area contributed by atoms with Gasteiger partial charge in [0.15, 0.2) is 0 Å². The van der Waals surface area contributed by atoms with Crippen molar-refractivity contribution in [1.82, 2.24) is 10.1 Å². The van der Waals surface area contributed by atoms with E-state index in [4.69, 9.17) is 4.52 Å². The Morgan fingerprint density at radius 2 is 2.29 bits per heavy atom. The monoisotopic (exact) mass is 287 g/mol. The maximum Gasteiger partial charge on any atom is 0.273 e. The van der Waals surface area contributed by atoms with Gasteiger partial charge in [-0.05, 0) is 26.3 Å². The molecule has 3 rings (SSSR count). The summed E-state index contributed by atoms with van der Waals surface area (Å²) in [5.74, 6) is 0.794. The molecule has 21 heavy (non-hydrogen) atoms. The zero-order chi connectivity index (χ0) is 14.8. The third-order valence-corrected chi connectivity index (χ3v) is 3.91. The summed E-state index contributed by atoms with van der Waals surface area (Å²) in [5, 5.41) is 15.2. The normalized spacial score (nSPS) is 19.0. The summed E-state index contributed by atoms with van der Waals surface area (Å²) in [5.41, 5.74) is 1.85. The topological polar surface area (TPSA) is 72.4 Å². The lowest BCUT2D eigenvalue weighted by molar-refractivity contribution is -0.385. The maximum absolute atomic E-state index is 11.1. The molecule has 0 amide bonds. The Balaban J connectivity index is 1.82. The Morgan fingerprint density at radius 1 is 1.48 bits per heavy atom. The average molecular weight is 287 g/mol. The van der Waals surface area contributed by atoms with Crippen molar-refractivity contribution >= 4 is 5.69 Å². The van der Waals surface area contributed by atoms with Crippen molar-refractivity contribution in [3.05, 3.63) is 57.5 Å². The first kappa shape index (κ1) is 13.8. The van der Waals surface area contributed by atoms with E-state index in [1.807, 2.05) is 25.1 Å². The molecule has 0 aliphatic carbocycles. The molecule has 6 nitrogen and oxygen atoms in total. The predicted molar refractivity (Wildman–Crippen MR) is 76.7 cm³/mol. The van der Waals surface area contributed by atoms with Crippen molar-refractivity contribution in [2.45, 2.75) is 32.4 Å². The summed E-state index contributed by atoms with van der Waals surface area (Å²) < 4.78 is 5.15. The fraction of sp³-hybridized carbons (Fsp3) is 0.400. The molecule has 1 fully saturated rings. The van der Waals surface area contributed by atoms with Gasteiger partial charge in [-0.2, -0.15) is 0 Å². The molecule has 0 saturated carbocycles. The third kappa shape index (κ3) is 2.80. The molecule has 1 aromatic carbocycles. The van der Waals surface area contributed by atoms with Gasteiger partial charge in [0.05, 0.1) is 11.0 Å². The van der Waals surface area contributed by atoms with Gasteiger partial charge in [0.25, 0.3) is 5.69 Å². The van der Waals surface area contributed by atoms with Crippen molar-refractivity contribution in [3.63, 3.8) is 0 Å². The SMILES string of the molecule is Cc1cc([C@H]2CCCN2Cc2ccccc2[N+](=O)[O-])no1. The highest BCUT2D eigenvalue weighted by molar-refractivity contribution is 5.39. The number of likely N-dealkylation sites (tertiary alicyclic amines) is 1. The molecule has 2 aromatic rings. The van der Waals surface area contributed by atoms with Gasteiger partial charge in [0.1, 0.15) is 11.5 Å². The largest absolute Gasteiger partial charge is 0.361 e. The fourth-order valence-electron chi connectivity index (χ4n) is 2.93. The third-order valence-electron chi connectivity index (χ3n) is 3.91. The average Bonchev–Trinajstić information content (AvgIpc) is 3.08. The highest BCUT2D eigenvalue weighted by Gasteiger charge is 2.29. The maximum atomic E-state index is 11.1. The number of aryl methyl sites for hydroxylation is 1. The van der Waals surface area contributed by atoms with E-state index >= 15 is 0 Å². The first-order valence-electron chi connectivity index (χ1n) is 7.04. The van der Waals surface area contributed by atoms with Crippen LogP contribution in [0.3, 0.4) is 0 Å². The summed E-state index contributed by atoms with van der Waals surface area (Å²) in [6.45, 7) is 3.36. The second-order valence-corrected chi connectivity index (χ2v) is 5.38. The molecular formula is C15H17N3O3. The van der Waals surface area contributed by atoms with Gasteiger partial charge in [-0.15, -0.1) is 0 Å². The zero-order valence-electron chi connectivity index (χ0n) is 11.9. The van der Waals surface area contributed by atoms with E-state index in [-0.39, 0.29) is 16.7 Å². The van der Waals surface area contributed by atoms with Crippen LogP contribution < -0.4 is 0 Å². The van der Waals surface area contributed by atoms with Crippen molar-refractivity contribution in [2.75, 3.05) is 6.54 Å². The van der Waals surface area contributed by atoms with E-state index in [1.54, 1.807) is 12.1 Å². The van der Waals surface area contributed by atoms with Gasteiger partial charge in [-0.3, -0.25) is 15.0 Å². The fourth-order valence-corrected chi connectivity index (χ4v) is 2.93. The lowest BCUT2D eigenvalue weighted by Gasteiger charge is -2.22. The van der Waals surface area contributed by atoms with Gasteiger partial charge in [-0.25, -0.2) is 0 Å². The number of para-hydroxylation sites is 1. The van der Waals surface area contributed by atoms with E-state index in [1.165, 1.54) is 0 Å².